The molecule has 6 nitrogen and oxygen atoms in total. The van der Waals surface area contributed by atoms with Crippen LogP contribution < -0.4 is 10.1 Å². The van der Waals surface area contributed by atoms with Crippen molar-refractivity contribution in [2.24, 2.45) is 0 Å². The van der Waals surface area contributed by atoms with Gasteiger partial charge in [-0.05, 0) is 73.9 Å². The van der Waals surface area contributed by atoms with E-state index in [-0.39, 0.29) is 5.69 Å². The van der Waals surface area contributed by atoms with Crippen molar-refractivity contribution in [1.29, 1.82) is 0 Å². The standard InChI is InChI=1S/C32H31N3O3/c1-22-15-17-28-26(20-22)30(25-13-6-7-14-27(25)35-28)33-19-9-8-12-24-16-18-29(31(34-24)32(36)37-2)38-21-23-10-4-3-5-11-23/h3-5,10-11,15-18,20H,6-7,9,13-14,19,21H2,1-2H3,(H,33,35). The van der Waals surface area contributed by atoms with Crippen molar-refractivity contribution in [3.05, 3.63) is 94.4 Å². The summed E-state index contributed by atoms with van der Waals surface area (Å²) in [5.74, 6) is 6.09. The molecular weight excluding hydrogens is 474 g/mol. The minimum absolute atomic E-state index is 0.124. The highest BCUT2D eigenvalue weighted by Gasteiger charge is 2.18. The van der Waals surface area contributed by atoms with Crippen molar-refractivity contribution in [2.75, 3.05) is 19.0 Å². The van der Waals surface area contributed by atoms with Crippen LogP contribution in [0.25, 0.3) is 10.9 Å². The molecule has 192 valence electrons. The van der Waals surface area contributed by atoms with Gasteiger partial charge in [-0.3, -0.25) is 4.98 Å². The number of rotatable bonds is 7. The maximum Gasteiger partial charge on any atom is 0.360 e. The zero-order chi connectivity index (χ0) is 26.3. The summed E-state index contributed by atoms with van der Waals surface area (Å²) in [6.07, 6.45) is 5.11. The molecule has 0 spiro atoms. The normalized spacial score (nSPS) is 12.3. The number of hydrogen-bond acceptors (Lipinski definition) is 6. The average molecular weight is 506 g/mol. The number of esters is 1. The van der Waals surface area contributed by atoms with E-state index < -0.39 is 5.97 Å². The van der Waals surface area contributed by atoms with Gasteiger partial charge in [-0.1, -0.05) is 47.9 Å². The third kappa shape index (κ3) is 5.78. The molecule has 0 fully saturated rings. The van der Waals surface area contributed by atoms with Gasteiger partial charge in [0.1, 0.15) is 12.3 Å². The van der Waals surface area contributed by atoms with Crippen LogP contribution in [-0.4, -0.2) is 29.6 Å². The van der Waals surface area contributed by atoms with Crippen LogP contribution in [0.15, 0.2) is 60.7 Å². The number of aryl methyl sites for hydroxylation is 2. The Labute approximate surface area is 223 Å². The number of methoxy groups -OCH3 is 1. The highest BCUT2D eigenvalue weighted by molar-refractivity contribution is 5.94. The molecule has 0 amide bonds. The van der Waals surface area contributed by atoms with Crippen molar-refractivity contribution in [2.45, 2.75) is 45.6 Å². The SMILES string of the molecule is COC(=O)c1nc(C#CCCNc2c3c(nc4ccc(C)cc24)CCCC3)ccc1OCc1ccccc1. The number of ether oxygens (including phenoxy) is 2. The van der Waals surface area contributed by atoms with Crippen molar-refractivity contribution >= 4 is 22.6 Å². The second-order valence-electron chi connectivity index (χ2n) is 9.43. The van der Waals surface area contributed by atoms with Crippen molar-refractivity contribution in [3.63, 3.8) is 0 Å². The minimum atomic E-state index is -0.553. The van der Waals surface area contributed by atoms with Crippen LogP contribution >= 0.6 is 0 Å². The molecule has 6 heteroatoms. The van der Waals surface area contributed by atoms with Crippen molar-refractivity contribution in [1.82, 2.24) is 9.97 Å². The topological polar surface area (TPSA) is 73.3 Å². The van der Waals surface area contributed by atoms with Gasteiger partial charge in [0, 0.05) is 29.7 Å². The van der Waals surface area contributed by atoms with Gasteiger partial charge in [-0.2, -0.15) is 0 Å². The summed E-state index contributed by atoms with van der Waals surface area (Å²) in [4.78, 5) is 21.7. The molecule has 38 heavy (non-hydrogen) atoms. The number of carbonyl (C=O) groups excluding carboxylic acids is 1. The second kappa shape index (κ2) is 11.8. The first-order valence-corrected chi connectivity index (χ1v) is 13.0. The number of hydrogen-bond donors (Lipinski definition) is 1. The van der Waals surface area contributed by atoms with E-state index in [1.54, 1.807) is 12.1 Å². The molecule has 0 radical (unpaired) electrons. The third-order valence-corrected chi connectivity index (χ3v) is 6.66. The lowest BCUT2D eigenvalue weighted by Gasteiger charge is -2.21. The molecule has 1 N–H and O–H groups in total. The number of fused-ring (bicyclic) bond motifs is 2. The molecule has 1 aliphatic rings. The first-order chi connectivity index (χ1) is 18.6. The molecule has 0 unspecified atom stereocenters. The Morgan fingerprint density at radius 3 is 2.71 bits per heavy atom. The Hall–Kier alpha value is -4.37. The van der Waals surface area contributed by atoms with Crippen LogP contribution in [0.5, 0.6) is 5.75 Å². The number of carbonyl (C=O) groups is 1. The van der Waals surface area contributed by atoms with Crippen molar-refractivity contribution in [3.8, 4) is 17.6 Å². The molecule has 2 heterocycles. The molecule has 5 rings (SSSR count). The smallest absolute Gasteiger partial charge is 0.360 e. The molecule has 0 bridgehead atoms. The second-order valence-corrected chi connectivity index (χ2v) is 9.43. The highest BCUT2D eigenvalue weighted by Crippen LogP contribution is 2.33. The maximum absolute atomic E-state index is 12.4. The lowest BCUT2D eigenvalue weighted by molar-refractivity contribution is 0.0588. The van der Waals surface area contributed by atoms with Gasteiger partial charge >= 0.3 is 5.97 Å². The molecule has 2 aromatic heterocycles. The molecule has 0 saturated heterocycles. The molecule has 2 aromatic carbocycles. The Morgan fingerprint density at radius 2 is 1.87 bits per heavy atom. The fourth-order valence-electron chi connectivity index (χ4n) is 4.75. The minimum Gasteiger partial charge on any atom is -0.486 e. The number of aromatic nitrogens is 2. The summed E-state index contributed by atoms with van der Waals surface area (Å²) < 4.78 is 10.8. The van der Waals surface area contributed by atoms with Gasteiger partial charge in [0.15, 0.2) is 11.4 Å². The van der Waals surface area contributed by atoms with E-state index in [1.165, 1.54) is 47.8 Å². The van der Waals surface area contributed by atoms with Gasteiger partial charge < -0.3 is 14.8 Å². The van der Waals surface area contributed by atoms with Gasteiger partial charge in [0.2, 0.25) is 0 Å². The van der Waals surface area contributed by atoms with Crippen LogP contribution in [0.2, 0.25) is 0 Å². The highest BCUT2D eigenvalue weighted by atomic mass is 16.5. The number of anilines is 1. The lowest BCUT2D eigenvalue weighted by Crippen LogP contribution is -2.12. The number of pyridine rings is 2. The van der Waals surface area contributed by atoms with E-state index in [0.29, 0.717) is 31.0 Å². The first kappa shape index (κ1) is 25.3. The Balaban J connectivity index is 1.29. The summed E-state index contributed by atoms with van der Waals surface area (Å²) in [7, 11) is 1.33. The Morgan fingerprint density at radius 1 is 1.03 bits per heavy atom. The van der Waals surface area contributed by atoms with Crippen LogP contribution in [0.3, 0.4) is 0 Å². The van der Waals surface area contributed by atoms with Gasteiger partial charge in [-0.25, -0.2) is 9.78 Å². The van der Waals surface area contributed by atoms with Gasteiger partial charge in [0.05, 0.1) is 12.6 Å². The Kier molecular flexibility index (Phi) is 7.84. The van der Waals surface area contributed by atoms with Gasteiger partial charge in [0.25, 0.3) is 0 Å². The third-order valence-electron chi connectivity index (χ3n) is 6.66. The van der Waals surface area contributed by atoms with Crippen LogP contribution in [0.1, 0.15) is 57.8 Å². The molecular formula is C32H31N3O3. The summed E-state index contributed by atoms with van der Waals surface area (Å²) in [6, 6.07) is 19.7. The van der Waals surface area contributed by atoms with Crippen LogP contribution in [0.4, 0.5) is 5.69 Å². The zero-order valence-corrected chi connectivity index (χ0v) is 21.8. The first-order valence-electron chi connectivity index (χ1n) is 13.0. The average Bonchev–Trinajstić information content (AvgIpc) is 2.96. The molecule has 0 aliphatic heterocycles. The predicted octanol–water partition coefficient (Wildman–Crippen LogP) is 6.04. The van der Waals surface area contributed by atoms with E-state index >= 15 is 0 Å². The summed E-state index contributed by atoms with van der Waals surface area (Å²) in [6.45, 7) is 3.15. The lowest BCUT2D eigenvalue weighted by atomic mass is 9.92. The number of benzene rings is 2. The van der Waals surface area contributed by atoms with E-state index in [0.717, 1.165) is 23.9 Å². The summed E-state index contributed by atoms with van der Waals surface area (Å²) >= 11 is 0. The summed E-state index contributed by atoms with van der Waals surface area (Å²) in [5.41, 5.74) is 7.64. The molecule has 0 atom stereocenters. The van der Waals surface area contributed by atoms with E-state index in [2.05, 4.69) is 47.3 Å². The maximum atomic E-state index is 12.4. The molecule has 1 aliphatic carbocycles. The number of nitrogens with zero attached hydrogens (tertiary/aromatic N) is 2. The fourth-order valence-corrected chi connectivity index (χ4v) is 4.75. The largest absolute Gasteiger partial charge is 0.486 e. The van der Waals surface area contributed by atoms with Crippen LogP contribution in [-0.2, 0) is 24.2 Å². The fraction of sp³-hybridized carbons (Fsp3) is 0.281. The Bertz CT molecular complexity index is 1520. The van der Waals surface area contributed by atoms with Crippen LogP contribution in [0, 0.1) is 18.8 Å². The van der Waals surface area contributed by atoms with Gasteiger partial charge in [-0.15, -0.1) is 0 Å². The van der Waals surface area contributed by atoms with Crippen molar-refractivity contribution < 1.29 is 14.3 Å². The van der Waals surface area contributed by atoms with E-state index in [4.69, 9.17) is 14.5 Å². The molecule has 4 aromatic rings. The molecule has 0 saturated carbocycles. The quantitative estimate of drug-likeness (QED) is 0.188. The zero-order valence-electron chi connectivity index (χ0n) is 21.8. The predicted molar refractivity (Wildman–Crippen MR) is 149 cm³/mol. The monoisotopic (exact) mass is 505 g/mol. The van der Waals surface area contributed by atoms with E-state index in [9.17, 15) is 4.79 Å². The number of nitrogens with one attached hydrogen (secondary N) is 1. The van der Waals surface area contributed by atoms with E-state index in [1.807, 2.05) is 30.3 Å². The summed E-state index contributed by atoms with van der Waals surface area (Å²) in [5, 5.41) is 4.83.